The van der Waals surface area contributed by atoms with Gasteiger partial charge in [0.2, 0.25) is 5.91 Å². The third-order valence-corrected chi connectivity index (χ3v) is 6.29. The number of aromatic nitrogens is 3. The summed E-state index contributed by atoms with van der Waals surface area (Å²) in [4.78, 5) is 25.9. The van der Waals surface area contributed by atoms with Gasteiger partial charge in [0, 0.05) is 11.9 Å². The average molecular weight is 430 g/mol. The number of fused-ring (bicyclic) bond motifs is 1. The number of anilines is 1. The Morgan fingerprint density at radius 2 is 1.81 bits per heavy atom. The Morgan fingerprint density at radius 3 is 2.56 bits per heavy atom. The molecule has 0 saturated heterocycles. The number of nitrogens with one attached hydrogen (secondary N) is 1. The zero-order valence-electron chi connectivity index (χ0n) is 17.5. The predicted molar refractivity (Wildman–Crippen MR) is 120 cm³/mol. The van der Waals surface area contributed by atoms with Gasteiger partial charge in [-0.05, 0) is 60.4 Å². The number of carbonyl (C=O) groups is 1. The molecular formula is C25H23FN4O2. The van der Waals surface area contributed by atoms with Gasteiger partial charge in [-0.1, -0.05) is 43.2 Å². The van der Waals surface area contributed by atoms with Crippen molar-refractivity contribution >= 4 is 17.2 Å². The van der Waals surface area contributed by atoms with Crippen LogP contribution in [0.2, 0.25) is 0 Å². The number of amides is 1. The predicted octanol–water partition coefficient (Wildman–Crippen LogP) is 4.13. The monoisotopic (exact) mass is 430 g/mol. The highest BCUT2D eigenvalue weighted by Gasteiger charge is 2.42. The Kier molecular flexibility index (Phi) is 5.09. The number of hydrogen-bond donors (Lipinski definition) is 1. The van der Waals surface area contributed by atoms with E-state index >= 15 is 0 Å². The minimum absolute atomic E-state index is 0.0799. The van der Waals surface area contributed by atoms with E-state index in [-0.39, 0.29) is 17.4 Å². The Labute approximate surface area is 184 Å². The van der Waals surface area contributed by atoms with Crippen molar-refractivity contribution in [2.24, 2.45) is 0 Å². The molecule has 6 nitrogen and oxygen atoms in total. The number of hydrogen-bond acceptors (Lipinski definition) is 3. The summed E-state index contributed by atoms with van der Waals surface area (Å²) in [5.41, 5.74) is 2.10. The van der Waals surface area contributed by atoms with E-state index in [0.717, 1.165) is 36.8 Å². The Morgan fingerprint density at radius 1 is 1.03 bits per heavy atom. The van der Waals surface area contributed by atoms with E-state index in [0.29, 0.717) is 17.9 Å². The van der Waals surface area contributed by atoms with Crippen molar-refractivity contribution in [3.05, 3.63) is 100 Å². The molecule has 4 aromatic rings. The van der Waals surface area contributed by atoms with E-state index < -0.39 is 5.41 Å². The molecule has 2 heterocycles. The second-order valence-corrected chi connectivity index (χ2v) is 8.32. The molecule has 0 spiro atoms. The molecule has 2 aromatic heterocycles. The van der Waals surface area contributed by atoms with Gasteiger partial charge >= 0.3 is 5.69 Å². The highest BCUT2D eigenvalue weighted by atomic mass is 19.1. The third-order valence-electron chi connectivity index (χ3n) is 6.29. The quantitative estimate of drug-likeness (QED) is 0.518. The lowest BCUT2D eigenvalue weighted by Crippen LogP contribution is -2.38. The maximum Gasteiger partial charge on any atom is 0.350 e. The molecule has 1 N–H and O–H groups in total. The first-order valence-corrected chi connectivity index (χ1v) is 10.8. The van der Waals surface area contributed by atoms with Crippen molar-refractivity contribution in [3.8, 4) is 0 Å². The van der Waals surface area contributed by atoms with Crippen molar-refractivity contribution < 1.29 is 9.18 Å². The Hall–Kier alpha value is -3.74. The number of pyridine rings is 1. The summed E-state index contributed by atoms with van der Waals surface area (Å²) < 4.78 is 16.3. The Bertz CT molecular complexity index is 1330. The number of nitrogens with zero attached hydrogens (tertiary/aromatic N) is 3. The summed E-state index contributed by atoms with van der Waals surface area (Å²) in [6.07, 6.45) is 5.08. The van der Waals surface area contributed by atoms with E-state index in [9.17, 15) is 14.0 Å². The zero-order chi connectivity index (χ0) is 22.1. The van der Waals surface area contributed by atoms with Crippen molar-refractivity contribution in [1.29, 1.82) is 0 Å². The summed E-state index contributed by atoms with van der Waals surface area (Å²) in [6.45, 7) is 0.299. The number of carbonyl (C=O) groups excluding carboxylic acids is 1. The molecule has 0 unspecified atom stereocenters. The van der Waals surface area contributed by atoms with Crippen molar-refractivity contribution in [3.63, 3.8) is 0 Å². The molecule has 5 rings (SSSR count). The number of rotatable bonds is 5. The topological polar surface area (TPSA) is 68.4 Å². The molecular weight excluding hydrogens is 407 g/mol. The SMILES string of the molecule is O=C(Nc1cccc(Cn2nc3ccccn3c2=O)c1)C1(c2ccc(F)cc2)CCCC1. The summed E-state index contributed by atoms with van der Waals surface area (Å²) in [7, 11) is 0. The fourth-order valence-corrected chi connectivity index (χ4v) is 4.64. The van der Waals surface area contributed by atoms with Crippen LogP contribution < -0.4 is 11.0 Å². The molecule has 1 fully saturated rings. The highest BCUT2D eigenvalue weighted by Crippen LogP contribution is 2.42. The zero-order valence-corrected chi connectivity index (χ0v) is 17.5. The van der Waals surface area contributed by atoms with Crippen molar-refractivity contribution in [1.82, 2.24) is 14.2 Å². The third kappa shape index (κ3) is 3.60. The van der Waals surface area contributed by atoms with Gasteiger partial charge in [0.05, 0.1) is 12.0 Å². The van der Waals surface area contributed by atoms with Crippen LogP contribution in [0.1, 0.15) is 36.8 Å². The smallest absolute Gasteiger partial charge is 0.325 e. The standard InChI is InChI=1S/C25H23FN4O2/c26-20-11-9-19(10-12-20)25(13-2-3-14-25)23(31)27-21-7-5-6-18(16-21)17-30-24(32)29-15-4-1-8-22(29)28-30/h1,4-12,15-16H,2-3,13-14,17H2,(H,27,31). The van der Waals surface area contributed by atoms with Crippen LogP contribution >= 0.6 is 0 Å². The van der Waals surface area contributed by atoms with Crippen molar-refractivity contribution in [2.45, 2.75) is 37.6 Å². The number of halogens is 1. The lowest BCUT2D eigenvalue weighted by molar-refractivity contribution is -0.121. The number of benzene rings is 2. The second-order valence-electron chi connectivity index (χ2n) is 8.32. The minimum Gasteiger partial charge on any atom is -0.325 e. The molecule has 2 aromatic carbocycles. The molecule has 32 heavy (non-hydrogen) atoms. The van der Waals surface area contributed by atoms with E-state index in [4.69, 9.17) is 0 Å². The molecule has 1 aliphatic rings. The first kappa shape index (κ1) is 20.2. The Balaban J connectivity index is 1.39. The van der Waals surface area contributed by atoms with Gasteiger partial charge in [-0.2, -0.15) is 0 Å². The van der Waals surface area contributed by atoms with Crippen LogP contribution in [-0.4, -0.2) is 20.1 Å². The van der Waals surface area contributed by atoms with Crippen LogP contribution in [0.5, 0.6) is 0 Å². The van der Waals surface area contributed by atoms with Gasteiger partial charge in [0.1, 0.15) is 5.82 Å². The van der Waals surface area contributed by atoms with Crippen LogP contribution in [0, 0.1) is 5.82 Å². The fourth-order valence-electron chi connectivity index (χ4n) is 4.64. The maximum absolute atomic E-state index is 13.4. The molecule has 1 aliphatic carbocycles. The minimum atomic E-state index is -0.651. The summed E-state index contributed by atoms with van der Waals surface area (Å²) in [5.74, 6) is -0.388. The van der Waals surface area contributed by atoms with Gasteiger partial charge in [-0.3, -0.25) is 9.20 Å². The van der Waals surface area contributed by atoms with Crippen LogP contribution in [0.3, 0.4) is 0 Å². The van der Waals surface area contributed by atoms with Gasteiger partial charge < -0.3 is 5.32 Å². The van der Waals surface area contributed by atoms with Gasteiger partial charge in [-0.15, -0.1) is 5.10 Å². The molecule has 0 atom stereocenters. The van der Waals surface area contributed by atoms with Gasteiger partial charge in [-0.25, -0.2) is 13.9 Å². The molecule has 0 radical (unpaired) electrons. The van der Waals surface area contributed by atoms with Gasteiger partial charge in [0.15, 0.2) is 5.65 Å². The lowest BCUT2D eigenvalue weighted by Gasteiger charge is -2.28. The fraction of sp³-hybridized carbons (Fsp3) is 0.240. The van der Waals surface area contributed by atoms with Crippen molar-refractivity contribution in [2.75, 3.05) is 5.32 Å². The summed E-state index contributed by atoms with van der Waals surface area (Å²) in [6, 6.07) is 19.1. The van der Waals surface area contributed by atoms with Crippen LogP contribution in [0.15, 0.2) is 77.7 Å². The molecule has 0 aliphatic heterocycles. The average Bonchev–Trinajstić information content (AvgIpc) is 3.41. The van der Waals surface area contributed by atoms with E-state index in [1.807, 2.05) is 30.3 Å². The normalized spacial score (nSPS) is 15.2. The highest BCUT2D eigenvalue weighted by molar-refractivity contribution is 5.99. The van der Waals surface area contributed by atoms with E-state index in [1.54, 1.807) is 30.5 Å². The van der Waals surface area contributed by atoms with E-state index in [2.05, 4.69) is 10.4 Å². The molecule has 1 saturated carbocycles. The van der Waals surface area contributed by atoms with Crippen LogP contribution in [-0.2, 0) is 16.8 Å². The molecule has 1 amide bonds. The first-order chi connectivity index (χ1) is 15.5. The largest absolute Gasteiger partial charge is 0.350 e. The summed E-state index contributed by atoms with van der Waals surface area (Å²) >= 11 is 0. The van der Waals surface area contributed by atoms with Crippen LogP contribution in [0.25, 0.3) is 5.65 Å². The molecule has 0 bridgehead atoms. The summed E-state index contributed by atoms with van der Waals surface area (Å²) in [5, 5.41) is 7.43. The van der Waals surface area contributed by atoms with Crippen LogP contribution in [0.4, 0.5) is 10.1 Å². The maximum atomic E-state index is 13.4. The molecule has 162 valence electrons. The second kappa shape index (κ2) is 8.07. The molecule has 7 heteroatoms. The van der Waals surface area contributed by atoms with E-state index in [1.165, 1.54) is 21.2 Å². The lowest BCUT2D eigenvalue weighted by atomic mass is 9.78. The first-order valence-electron chi connectivity index (χ1n) is 10.8. The van der Waals surface area contributed by atoms with Gasteiger partial charge in [0.25, 0.3) is 0 Å².